The fraction of sp³-hybridized carbons (Fsp3) is 0.647. The van der Waals surface area contributed by atoms with Crippen LogP contribution >= 0.6 is 0 Å². The van der Waals surface area contributed by atoms with Crippen molar-refractivity contribution in [1.82, 2.24) is 5.32 Å². The maximum atomic E-state index is 9.05. The summed E-state index contributed by atoms with van der Waals surface area (Å²) in [7, 11) is 0. The first-order valence-electron chi connectivity index (χ1n) is 7.76. The van der Waals surface area contributed by atoms with Gasteiger partial charge in [0.25, 0.3) is 0 Å². The Bertz CT molecular complexity index is 407. The lowest BCUT2D eigenvalue weighted by molar-refractivity contribution is 0.170. The Balaban J connectivity index is 2.66. The molecule has 0 aliphatic carbocycles. The van der Waals surface area contributed by atoms with Gasteiger partial charge in [-0.05, 0) is 37.1 Å². The summed E-state index contributed by atoms with van der Waals surface area (Å²) in [6.07, 6.45) is 0. The topological polar surface area (TPSA) is 50.7 Å². The van der Waals surface area contributed by atoms with E-state index in [1.165, 1.54) is 5.56 Å². The van der Waals surface area contributed by atoms with Gasteiger partial charge in [-0.15, -0.1) is 0 Å². The van der Waals surface area contributed by atoms with E-state index in [9.17, 15) is 0 Å². The summed E-state index contributed by atoms with van der Waals surface area (Å²) in [6, 6.07) is 6.02. The maximum absolute atomic E-state index is 9.05. The largest absolute Gasteiger partial charge is 0.490 e. The standard InChI is InChI=1S/C17H29NO3/c1-5-20-17-8-15(10-18-9-13(2)3)6-7-16(17)21-12-14(4)11-19/h6-8,13-14,18-19H,5,9-12H2,1-4H3. The van der Waals surface area contributed by atoms with Crippen LogP contribution in [0.25, 0.3) is 0 Å². The summed E-state index contributed by atoms with van der Waals surface area (Å²) >= 11 is 0. The first-order chi connectivity index (χ1) is 10.1. The normalized spacial score (nSPS) is 12.5. The monoisotopic (exact) mass is 295 g/mol. The average molecular weight is 295 g/mol. The molecule has 0 aromatic heterocycles. The molecule has 1 rings (SSSR count). The van der Waals surface area contributed by atoms with E-state index in [1.54, 1.807) is 0 Å². The maximum Gasteiger partial charge on any atom is 0.161 e. The predicted octanol–water partition coefficient (Wildman–Crippen LogP) is 2.84. The van der Waals surface area contributed by atoms with Crippen molar-refractivity contribution in [2.75, 3.05) is 26.4 Å². The van der Waals surface area contributed by atoms with Crippen LogP contribution in [0.2, 0.25) is 0 Å². The molecule has 1 aromatic carbocycles. The van der Waals surface area contributed by atoms with Crippen molar-refractivity contribution in [3.8, 4) is 11.5 Å². The van der Waals surface area contributed by atoms with Crippen molar-refractivity contribution in [2.45, 2.75) is 34.2 Å². The van der Waals surface area contributed by atoms with E-state index in [4.69, 9.17) is 14.6 Å². The van der Waals surface area contributed by atoms with Gasteiger partial charge in [0.2, 0.25) is 0 Å². The van der Waals surface area contributed by atoms with Crippen LogP contribution in [0.15, 0.2) is 18.2 Å². The molecule has 0 radical (unpaired) electrons. The molecule has 0 heterocycles. The number of rotatable bonds is 10. The molecule has 21 heavy (non-hydrogen) atoms. The van der Waals surface area contributed by atoms with Crippen LogP contribution in [0.4, 0.5) is 0 Å². The highest BCUT2D eigenvalue weighted by molar-refractivity contribution is 5.43. The Hall–Kier alpha value is -1.26. The summed E-state index contributed by atoms with van der Waals surface area (Å²) in [5.41, 5.74) is 1.18. The van der Waals surface area contributed by atoms with E-state index in [0.29, 0.717) is 19.1 Å². The van der Waals surface area contributed by atoms with Crippen molar-refractivity contribution in [3.63, 3.8) is 0 Å². The number of aliphatic hydroxyl groups excluding tert-OH is 1. The number of benzene rings is 1. The van der Waals surface area contributed by atoms with Gasteiger partial charge in [0.1, 0.15) is 0 Å². The molecule has 120 valence electrons. The van der Waals surface area contributed by atoms with E-state index in [1.807, 2.05) is 26.0 Å². The zero-order chi connectivity index (χ0) is 15.7. The first-order valence-corrected chi connectivity index (χ1v) is 7.76. The third-order valence-corrected chi connectivity index (χ3v) is 3.02. The minimum Gasteiger partial charge on any atom is -0.490 e. The summed E-state index contributed by atoms with van der Waals surface area (Å²) < 4.78 is 11.4. The molecule has 0 aliphatic rings. The third-order valence-electron chi connectivity index (χ3n) is 3.02. The Morgan fingerprint density at radius 2 is 1.90 bits per heavy atom. The molecule has 0 amide bonds. The third kappa shape index (κ3) is 6.82. The van der Waals surface area contributed by atoms with Crippen LogP contribution < -0.4 is 14.8 Å². The van der Waals surface area contributed by atoms with Crippen LogP contribution in [0.5, 0.6) is 11.5 Å². The lowest BCUT2D eigenvalue weighted by Gasteiger charge is -2.16. The van der Waals surface area contributed by atoms with Crippen molar-refractivity contribution in [1.29, 1.82) is 0 Å². The van der Waals surface area contributed by atoms with Crippen molar-refractivity contribution < 1.29 is 14.6 Å². The predicted molar refractivity (Wildman–Crippen MR) is 85.9 cm³/mol. The zero-order valence-corrected chi connectivity index (χ0v) is 13.7. The molecule has 1 aromatic rings. The average Bonchev–Trinajstić information content (AvgIpc) is 2.46. The molecule has 1 unspecified atom stereocenters. The van der Waals surface area contributed by atoms with Crippen molar-refractivity contribution in [3.05, 3.63) is 23.8 Å². The van der Waals surface area contributed by atoms with Gasteiger partial charge in [-0.2, -0.15) is 0 Å². The van der Waals surface area contributed by atoms with Gasteiger partial charge >= 0.3 is 0 Å². The Labute approximate surface area is 128 Å². The fourth-order valence-electron chi connectivity index (χ4n) is 1.84. The minimum absolute atomic E-state index is 0.117. The highest BCUT2D eigenvalue weighted by atomic mass is 16.5. The number of hydrogen-bond donors (Lipinski definition) is 2. The number of aliphatic hydroxyl groups is 1. The first kappa shape index (κ1) is 17.8. The SMILES string of the molecule is CCOc1cc(CNCC(C)C)ccc1OCC(C)CO. The summed E-state index contributed by atoms with van der Waals surface area (Å²) in [6.45, 7) is 11.3. The van der Waals surface area contributed by atoms with Crippen LogP contribution in [0.1, 0.15) is 33.3 Å². The van der Waals surface area contributed by atoms with Gasteiger partial charge in [-0.25, -0.2) is 0 Å². The highest BCUT2D eigenvalue weighted by Gasteiger charge is 2.09. The van der Waals surface area contributed by atoms with Gasteiger partial charge in [0.15, 0.2) is 11.5 Å². The molecule has 0 bridgehead atoms. The molecule has 0 spiro atoms. The molecule has 4 nitrogen and oxygen atoms in total. The van der Waals surface area contributed by atoms with Gasteiger partial charge < -0.3 is 19.9 Å². The van der Waals surface area contributed by atoms with Gasteiger partial charge in [-0.1, -0.05) is 26.8 Å². The highest BCUT2D eigenvalue weighted by Crippen LogP contribution is 2.29. The molecule has 2 N–H and O–H groups in total. The van der Waals surface area contributed by atoms with Crippen LogP contribution in [0.3, 0.4) is 0 Å². The van der Waals surface area contributed by atoms with E-state index in [-0.39, 0.29) is 12.5 Å². The van der Waals surface area contributed by atoms with E-state index < -0.39 is 0 Å². The lowest BCUT2D eigenvalue weighted by atomic mass is 10.1. The smallest absolute Gasteiger partial charge is 0.161 e. The molecular formula is C17H29NO3. The molecule has 0 saturated heterocycles. The minimum atomic E-state index is 0.117. The Morgan fingerprint density at radius 3 is 2.52 bits per heavy atom. The number of hydrogen-bond acceptors (Lipinski definition) is 4. The van der Waals surface area contributed by atoms with Crippen molar-refractivity contribution in [2.24, 2.45) is 11.8 Å². The van der Waals surface area contributed by atoms with Crippen LogP contribution in [-0.2, 0) is 6.54 Å². The van der Waals surface area contributed by atoms with Gasteiger partial charge in [0.05, 0.1) is 13.2 Å². The molecular weight excluding hydrogens is 266 g/mol. The van der Waals surface area contributed by atoms with Gasteiger partial charge in [-0.3, -0.25) is 0 Å². The Kier molecular flexibility index (Phi) is 8.16. The second-order valence-electron chi connectivity index (χ2n) is 5.84. The van der Waals surface area contributed by atoms with Gasteiger partial charge in [0, 0.05) is 19.1 Å². The number of nitrogens with one attached hydrogen (secondary N) is 1. The molecule has 0 aliphatic heterocycles. The number of ether oxygens (including phenoxy) is 2. The van der Waals surface area contributed by atoms with Crippen LogP contribution in [0, 0.1) is 11.8 Å². The summed E-state index contributed by atoms with van der Waals surface area (Å²) in [5.74, 6) is 2.27. The van der Waals surface area contributed by atoms with E-state index >= 15 is 0 Å². The van der Waals surface area contributed by atoms with Crippen molar-refractivity contribution >= 4 is 0 Å². The second kappa shape index (κ2) is 9.64. The fourth-order valence-corrected chi connectivity index (χ4v) is 1.84. The molecule has 4 heteroatoms. The summed E-state index contributed by atoms with van der Waals surface area (Å²) in [5, 5.41) is 12.5. The molecule has 0 fully saturated rings. The quantitative estimate of drug-likeness (QED) is 0.697. The lowest BCUT2D eigenvalue weighted by Crippen LogP contribution is -2.19. The summed E-state index contributed by atoms with van der Waals surface area (Å²) in [4.78, 5) is 0. The second-order valence-corrected chi connectivity index (χ2v) is 5.84. The van der Waals surface area contributed by atoms with Crippen LogP contribution in [-0.4, -0.2) is 31.5 Å². The molecule has 1 atom stereocenters. The molecule has 0 saturated carbocycles. The Morgan fingerprint density at radius 1 is 1.14 bits per heavy atom. The zero-order valence-electron chi connectivity index (χ0n) is 13.7. The van der Waals surface area contributed by atoms with E-state index in [0.717, 1.165) is 24.6 Å². The van der Waals surface area contributed by atoms with E-state index in [2.05, 4.69) is 25.2 Å².